The summed E-state index contributed by atoms with van der Waals surface area (Å²) in [5, 5.41) is 14.1. The zero-order chi connectivity index (χ0) is 25.2. The maximum atomic E-state index is 12.8. The fraction of sp³-hybridized carbons (Fsp3) is 0.261. The minimum absolute atomic E-state index is 0.0494. The molecule has 35 heavy (non-hydrogen) atoms. The van der Waals surface area contributed by atoms with E-state index in [-0.39, 0.29) is 22.7 Å². The number of amides is 1. The second-order valence-corrected chi connectivity index (χ2v) is 8.24. The van der Waals surface area contributed by atoms with Gasteiger partial charge in [0.15, 0.2) is 5.76 Å². The molecule has 1 amide bonds. The lowest BCUT2D eigenvalue weighted by Crippen LogP contribution is -2.29. The van der Waals surface area contributed by atoms with E-state index in [4.69, 9.17) is 19.6 Å². The van der Waals surface area contributed by atoms with E-state index >= 15 is 0 Å². The van der Waals surface area contributed by atoms with Crippen molar-refractivity contribution in [3.05, 3.63) is 70.4 Å². The molecule has 12 heteroatoms. The van der Waals surface area contributed by atoms with Gasteiger partial charge in [0, 0.05) is 18.9 Å². The molecule has 0 spiro atoms. The van der Waals surface area contributed by atoms with E-state index in [1.807, 2.05) is 30.3 Å². The number of nitrogens with zero attached hydrogens (tertiary/aromatic N) is 3. The van der Waals surface area contributed by atoms with Crippen LogP contribution in [-0.4, -0.2) is 48.7 Å². The number of carbonyl (C=O) groups is 1. The molecule has 0 saturated carbocycles. The molecular formula is C23H26N6O5S. The zero-order valence-corrected chi connectivity index (χ0v) is 20.3. The van der Waals surface area contributed by atoms with Gasteiger partial charge in [0.1, 0.15) is 0 Å². The second kappa shape index (κ2) is 12.4. The quantitative estimate of drug-likeness (QED) is 0.338. The summed E-state index contributed by atoms with van der Waals surface area (Å²) in [6.45, 7) is 2.10. The number of hydrogen-bond donors (Lipinski definition) is 3. The van der Waals surface area contributed by atoms with E-state index < -0.39 is 11.5 Å². The summed E-state index contributed by atoms with van der Waals surface area (Å²) in [6.07, 6.45) is 3.58. The predicted octanol–water partition coefficient (Wildman–Crippen LogP) is 2.99. The highest BCUT2D eigenvalue weighted by molar-refractivity contribution is 7.18. The largest absolute Gasteiger partial charge is 0.488 e. The maximum absolute atomic E-state index is 12.8. The van der Waals surface area contributed by atoms with Gasteiger partial charge in [-0.05, 0) is 31.2 Å². The van der Waals surface area contributed by atoms with Crippen LogP contribution in [0, 0.1) is 0 Å². The first-order chi connectivity index (χ1) is 16.9. The molecule has 1 atom stereocenters. The van der Waals surface area contributed by atoms with Crippen molar-refractivity contribution in [2.75, 3.05) is 31.5 Å². The number of benzene rings is 1. The maximum Gasteiger partial charge on any atom is 0.381 e. The predicted molar refractivity (Wildman–Crippen MR) is 135 cm³/mol. The van der Waals surface area contributed by atoms with Crippen molar-refractivity contribution in [1.29, 1.82) is 0 Å². The monoisotopic (exact) mass is 498 g/mol. The smallest absolute Gasteiger partial charge is 0.381 e. The van der Waals surface area contributed by atoms with Gasteiger partial charge in [0.25, 0.3) is 5.91 Å². The van der Waals surface area contributed by atoms with Gasteiger partial charge in [0.05, 0.1) is 25.4 Å². The number of nitrogens with one attached hydrogen (secondary N) is 2. The number of hydrogen-bond acceptors (Lipinski definition) is 11. The normalized spacial score (nSPS) is 12.5. The van der Waals surface area contributed by atoms with Gasteiger partial charge in [-0.2, -0.15) is 0 Å². The zero-order valence-electron chi connectivity index (χ0n) is 19.5. The first-order valence-electron chi connectivity index (χ1n) is 10.5. The molecule has 2 aromatic heterocycles. The minimum atomic E-state index is -0.801. The minimum Gasteiger partial charge on any atom is -0.488 e. The Labute approximate surface area is 205 Å². The lowest BCUT2D eigenvalue weighted by atomic mass is 10.1. The van der Waals surface area contributed by atoms with Crippen molar-refractivity contribution in [2.24, 2.45) is 10.7 Å². The molecule has 0 saturated heterocycles. The van der Waals surface area contributed by atoms with E-state index in [2.05, 4.69) is 25.8 Å². The third-order valence-corrected chi connectivity index (χ3v) is 5.37. The lowest BCUT2D eigenvalue weighted by Gasteiger charge is -2.20. The summed E-state index contributed by atoms with van der Waals surface area (Å²) in [5.41, 5.74) is 6.55. The van der Waals surface area contributed by atoms with Crippen LogP contribution in [0.5, 0.6) is 5.75 Å². The Morgan fingerprint density at radius 1 is 1.29 bits per heavy atom. The fourth-order valence-electron chi connectivity index (χ4n) is 3.16. The van der Waals surface area contributed by atoms with Crippen molar-refractivity contribution < 1.29 is 18.7 Å². The number of methoxy groups -OCH3 is 2. The van der Waals surface area contributed by atoms with Crippen LogP contribution in [0.3, 0.4) is 0 Å². The topological polar surface area (TPSA) is 154 Å². The second-order valence-electron chi connectivity index (χ2n) is 7.29. The Bertz CT molecular complexity index is 1250. The molecule has 0 unspecified atom stereocenters. The Balaban J connectivity index is 1.81. The summed E-state index contributed by atoms with van der Waals surface area (Å²) >= 11 is 1.05. The standard InChI is InChI=1S/C23H26N6O5S/c1-14(9-10-24)25-22-28-29-23(35-22)27-20(30)18-12-17(19(33-3)21(31)34-18)26-16(13-32-2)11-15-7-5-4-6-8-15/h4-10,12,16,26H,11,13,24H2,1-3H3,(H,27,29,30)/b10-9-,25-14+/t16-/m1/s1. The summed E-state index contributed by atoms with van der Waals surface area (Å²) < 4.78 is 15.7. The van der Waals surface area contributed by atoms with E-state index in [0.29, 0.717) is 29.6 Å². The fourth-order valence-corrected chi connectivity index (χ4v) is 3.83. The van der Waals surface area contributed by atoms with Crippen LogP contribution in [0.2, 0.25) is 0 Å². The summed E-state index contributed by atoms with van der Waals surface area (Å²) in [5.74, 6) is -0.951. The molecule has 0 bridgehead atoms. The van der Waals surface area contributed by atoms with Gasteiger partial charge in [-0.15, -0.1) is 10.2 Å². The molecule has 11 nitrogen and oxygen atoms in total. The summed E-state index contributed by atoms with van der Waals surface area (Å²) in [4.78, 5) is 29.5. The van der Waals surface area contributed by atoms with Crippen LogP contribution in [-0.2, 0) is 11.2 Å². The first kappa shape index (κ1) is 25.6. The molecule has 0 aliphatic carbocycles. The molecule has 0 aliphatic heterocycles. The van der Waals surface area contributed by atoms with Gasteiger partial charge in [-0.3, -0.25) is 10.1 Å². The number of aliphatic imine (C=N–C) groups is 1. The van der Waals surface area contributed by atoms with Crippen molar-refractivity contribution in [1.82, 2.24) is 10.2 Å². The van der Waals surface area contributed by atoms with Crippen LogP contribution >= 0.6 is 11.3 Å². The molecule has 0 fully saturated rings. The highest BCUT2D eigenvalue weighted by Gasteiger charge is 2.21. The Kier molecular flexibility index (Phi) is 9.09. The molecule has 4 N–H and O–H groups in total. The molecule has 0 aliphatic rings. The van der Waals surface area contributed by atoms with Crippen molar-refractivity contribution in [3.8, 4) is 5.75 Å². The number of rotatable bonds is 11. The Morgan fingerprint density at radius 2 is 2.06 bits per heavy atom. The van der Waals surface area contributed by atoms with E-state index in [1.165, 1.54) is 19.4 Å². The van der Waals surface area contributed by atoms with Crippen molar-refractivity contribution in [2.45, 2.75) is 19.4 Å². The molecular weight excluding hydrogens is 472 g/mol. The Morgan fingerprint density at radius 3 is 2.74 bits per heavy atom. The van der Waals surface area contributed by atoms with Crippen molar-refractivity contribution in [3.63, 3.8) is 0 Å². The highest BCUT2D eigenvalue weighted by atomic mass is 32.1. The van der Waals surface area contributed by atoms with E-state index in [1.54, 1.807) is 20.1 Å². The number of allylic oxidation sites excluding steroid dienone is 1. The van der Waals surface area contributed by atoms with Crippen LogP contribution in [0.25, 0.3) is 0 Å². The Hall–Kier alpha value is -4.03. The summed E-state index contributed by atoms with van der Waals surface area (Å²) in [6, 6.07) is 11.0. The van der Waals surface area contributed by atoms with Crippen LogP contribution in [0.1, 0.15) is 23.0 Å². The van der Waals surface area contributed by atoms with Gasteiger partial charge in [-0.1, -0.05) is 41.7 Å². The number of carbonyl (C=O) groups excluding carboxylic acids is 1. The number of ether oxygens (including phenoxy) is 2. The average Bonchev–Trinajstić information content (AvgIpc) is 3.26. The van der Waals surface area contributed by atoms with Gasteiger partial charge < -0.3 is 24.9 Å². The summed E-state index contributed by atoms with van der Waals surface area (Å²) in [7, 11) is 2.94. The number of nitrogens with two attached hydrogens (primary N) is 1. The highest BCUT2D eigenvalue weighted by Crippen LogP contribution is 2.26. The molecule has 184 valence electrons. The van der Waals surface area contributed by atoms with Crippen molar-refractivity contribution >= 4 is 38.9 Å². The van der Waals surface area contributed by atoms with Gasteiger partial charge in [0.2, 0.25) is 16.0 Å². The molecule has 0 radical (unpaired) electrons. The molecule has 2 heterocycles. The van der Waals surface area contributed by atoms with Crippen LogP contribution in [0.4, 0.5) is 16.0 Å². The van der Waals surface area contributed by atoms with Crippen LogP contribution < -0.4 is 26.7 Å². The SMILES string of the molecule is COC[C@@H](Cc1ccccc1)Nc1cc(C(=O)Nc2nnc(/N=C(C)/C=C\N)s2)oc(=O)c1OC. The molecule has 3 rings (SSSR count). The van der Waals surface area contributed by atoms with E-state index in [9.17, 15) is 9.59 Å². The molecule has 3 aromatic rings. The average molecular weight is 499 g/mol. The lowest BCUT2D eigenvalue weighted by molar-refractivity contribution is 0.0991. The third-order valence-electron chi connectivity index (χ3n) is 4.63. The van der Waals surface area contributed by atoms with Crippen LogP contribution in [0.15, 0.2) is 62.9 Å². The van der Waals surface area contributed by atoms with Gasteiger partial charge >= 0.3 is 5.63 Å². The number of anilines is 2. The number of aromatic nitrogens is 2. The van der Waals surface area contributed by atoms with E-state index in [0.717, 1.165) is 16.9 Å². The first-order valence-corrected chi connectivity index (χ1v) is 11.3. The third kappa shape index (κ3) is 7.22. The molecule has 1 aromatic carbocycles. The van der Waals surface area contributed by atoms with Gasteiger partial charge in [-0.25, -0.2) is 9.79 Å².